The van der Waals surface area contributed by atoms with Crippen LogP contribution < -0.4 is 0 Å². The third kappa shape index (κ3) is 2.80. The van der Waals surface area contributed by atoms with Crippen molar-refractivity contribution in [2.24, 2.45) is 0 Å². The van der Waals surface area contributed by atoms with Crippen molar-refractivity contribution in [3.63, 3.8) is 0 Å². The van der Waals surface area contributed by atoms with E-state index in [0.717, 1.165) is 13.2 Å². The average Bonchev–Trinajstić information content (AvgIpc) is 2.52. The zero-order chi connectivity index (χ0) is 8.10. The van der Waals surface area contributed by atoms with E-state index in [1.165, 1.54) is 25.8 Å². The molecule has 0 N–H and O–H groups in total. The van der Waals surface area contributed by atoms with Crippen LogP contribution in [-0.4, -0.2) is 37.7 Å². The molecule has 0 aliphatic carbocycles. The second kappa shape index (κ2) is 4.73. The first-order valence-electron chi connectivity index (χ1n) is 4.62. The molecule has 11 heavy (non-hydrogen) atoms. The zero-order valence-electron chi connectivity index (χ0n) is 7.68. The highest BCUT2D eigenvalue weighted by atomic mass is 16.5. The lowest BCUT2D eigenvalue weighted by Crippen LogP contribution is -2.32. The molecule has 0 radical (unpaired) electrons. The number of likely N-dealkylation sites (N-methyl/N-ethyl adjacent to an activating group) is 1. The van der Waals surface area contributed by atoms with Crippen molar-refractivity contribution >= 4 is 0 Å². The molecule has 0 aromatic carbocycles. The average molecular weight is 157 g/mol. The standard InChI is InChI=1S/C9H19NO/c1-3-4-6-10(2)9-5-7-11-8-9/h9H,3-8H2,1-2H3. The fourth-order valence-corrected chi connectivity index (χ4v) is 1.46. The monoisotopic (exact) mass is 157 g/mol. The zero-order valence-corrected chi connectivity index (χ0v) is 7.68. The second-order valence-electron chi connectivity index (χ2n) is 3.35. The first kappa shape index (κ1) is 9.01. The van der Waals surface area contributed by atoms with E-state index < -0.39 is 0 Å². The van der Waals surface area contributed by atoms with Gasteiger partial charge in [0.15, 0.2) is 0 Å². The molecular formula is C9H19NO. The molecule has 0 aromatic heterocycles. The van der Waals surface area contributed by atoms with Crippen molar-refractivity contribution in [1.82, 2.24) is 4.90 Å². The summed E-state index contributed by atoms with van der Waals surface area (Å²) in [7, 11) is 2.20. The highest BCUT2D eigenvalue weighted by Gasteiger charge is 2.18. The summed E-state index contributed by atoms with van der Waals surface area (Å²) in [6, 6.07) is 0.696. The fourth-order valence-electron chi connectivity index (χ4n) is 1.46. The van der Waals surface area contributed by atoms with Crippen molar-refractivity contribution in [1.29, 1.82) is 0 Å². The Bertz CT molecular complexity index is 99.7. The van der Waals surface area contributed by atoms with Crippen LogP contribution >= 0.6 is 0 Å². The Balaban J connectivity index is 2.12. The molecule has 1 rings (SSSR count). The lowest BCUT2D eigenvalue weighted by molar-refractivity contribution is 0.158. The van der Waals surface area contributed by atoms with Crippen LogP contribution in [0.5, 0.6) is 0 Å². The number of hydrogen-bond donors (Lipinski definition) is 0. The van der Waals surface area contributed by atoms with Crippen LogP contribution in [0.25, 0.3) is 0 Å². The lowest BCUT2D eigenvalue weighted by atomic mass is 10.2. The van der Waals surface area contributed by atoms with Crippen LogP contribution in [0.3, 0.4) is 0 Å². The molecule has 0 spiro atoms. The molecule has 2 nitrogen and oxygen atoms in total. The minimum absolute atomic E-state index is 0.696. The van der Waals surface area contributed by atoms with Crippen LogP contribution in [0, 0.1) is 0 Å². The Kier molecular flexibility index (Phi) is 3.87. The summed E-state index contributed by atoms with van der Waals surface area (Å²) in [4.78, 5) is 2.43. The lowest BCUT2D eigenvalue weighted by Gasteiger charge is -2.22. The largest absolute Gasteiger partial charge is 0.380 e. The predicted molar refractivity (Wildman–Crippen MR) is 46.8 cm³/mol. The number of ether oxygens (including phenoxy) is 1. The van der Waals surface area contributed by atoms with E-state index in [4.69, 9.17) is 4.74 Å². The van der Waals surface area contributed by atoms with Crippen LogP contribution in [0.2, 0.25) is 0 Å². The minimum atomic E-state index is 0.696. The molecule has 0 bridgehead atoms. The van der Waals surface area contributed by atoms with Crippen LogP contribution in [0.15, 0.2) is 0 Å². The highest BCUT2D eigenvalue weighted by molar-refractivity contribution is 4.72. The molecule has 1 aliphatic heterocycles. The Labute approximate surface area is 69.5 Å². The highest BCUT2D eigenvalue weighted by Crippen LogP contribution is 2.10. The van der Waals surface area contributed by atoms with E-state index in [2.05, 4.69) is 18.9 Å². The van der Waals surface area contributed by atoms with Crippen molar-refractivity contribution in [2.45, 2.75) is 32.2 Å². The summed E-state index contributed by atoms with van der Waals surface area (Å²) in [5.41, 5.74) is 0. The first-order valence-corrected chi connectivity index (χ1v) is 4.62. The van der Waals surface area contributed by atoms with E-state index in [-0.39, 0.29) is 0 Å². The van der Waals surface area contributed by atoms with Gasteiger partial charge in [-0.25, -0.2) is 0 Å². The Morgan fingerprint density at radius 2 is 2.36 bits per heavy atom. The van der Waals surface area contributed by atoms with Gasteiger partial charge in [-0.3, -0.25) is 0 Å². The topological polar surface area (TPSA) is 12.5 Å². The number of rotatable bonds is 4. The fraction of sp³-hybridized carbons (Fsp3) is 1.00. The maximum absolute atomic E-state index is 5.32. The van der Waals surface area contributed by atoms with Gasteiger partial charge in [0, 0.05) is 12.6 Å². The van der Waals surface area contributed by atoms with Gasteiger partial charge in [-0.15, -0.1) is 0 Å². The van der Waals surface area contributed by atoms with Gasteiger partial charge in [0.2, 0.25) is 0 Å². The predicted octanol–water partition coefficient (Wildman–Crippen LogP) is 1.51. The smallest absolute Gasteiger partial charge is 0.0622 e. The van der Waals surface area contributed by atoms with E-state index in [1.54, 1.807) is 0 Å². The SMILES string of the molecule is CCCCN(C)C1CCOC1. The van der Waals surface area contributed by atoms with Crippen LogP contribution in [0.4, 0.5) is 0 Å². The maximum Gasteiger partial charge on any atom is 0.0622 e. The summed E-state index contributed by atoms with van der Waals surface area (Å²) >= 11 is 0. The van der Waals surface area contributed by atoms with Crippen molar-refractivity contribution in [3.05, 3.63) is 0 Å². The minimum Gasteiger partial charge on any atom is -0.380 e. The van der Waals surface area contributed by atoms with Gasteiger partial charge >= 0.3 is 0 Å². The summed E-state index contributed by atoms with van der Waals surface area (Å²) in [5.74, 6) is 0. The van der Waals surface area contributed by atoms with E-state index in [1.807, 2.05) is 0 Å². The Hall–Kier alpha value is -0.0800. The van der Waals surface area contributed by atoms with Crippen molar-refractivity contribution in [2.75, 3.05) is 26.8 Å². The molecule has 1 saturated heterocycles. The summed E-state index contributed by atoms with van der Waals surface area (Å²) in [6.45, 7) is 5.37. The van der Waals surface area contributed by atoms with E-state index in [9.17, 15) is 0 Å². The molecule has 1 fully saturated rings. The van der Waals surface area contributed by atoms with Crippen LogP contribution in [-0.2, 0) is 4.74 Å². The summed E-state index contributed by atoms with van der Waals surface area (Å²) in [5, 5.41) is 0. The van der Waals surface area contributed by atoms with Crippen molar-refractivity contribution in [3.8, 4) is 0 Å². The number of unbranched alkanes of at least 4 members (excludes halogenated alkanes) is 1. The molecule has 1 heterocycles. The van der Waals surface area contributed by atoms with Gasteiger partial charge in [-0.2, -0.15) is 0 Å². The summed E-state index contributed by atoms with van der Waals surface area (Å²) < 4.78 is 5.32. The van der Waals surface area contributed by atoms with Crippen molar-refractivity contribution < 1.29 is 4.74 Å². The van der Waals surface area contributed by atoms with E-state index >= 15 is 0 Å². The normalized spacial score (nSPS) is 24.8. The third-order valence-electron chi connectivity index (χ3n) is 2.39. The van der Waals surface area contributed by atoms with Gasteiger partial charge in [-0.1, -0.05) is 13.3 Å². The molecule has 1 unspecified atom stereocenters. The Morgan fingerprint density at radius 1 is 1.55 bits per heavy atom. The number of nitrogens with zero attached hydrogens (tertiary/aromatic N) is 1. The molecule has 2 heteroatoms. The maximum atomic E-state index is 5.32. The molecule has 66 valence electrons. The van der Waals surface area contributed by atoms with E-state index in [0.29, 0.717) is 6.04 Å². The van der Waals surface area contributed by atoms with Gasteiger partial charge in [0.1, 0.15) is 0 Å². The summed E-state index contributed by atoms with van der Waals surface area (Å²) in [6.07, 6.45) is 3.82. The molecule has 1 aliphatic rings. The van der Waals surface area contributed by atoms with Gasteiger partial charge < -0.3 is 9.64 Å². The molecule has 0 saturated carbocycles. The third-order valence-corrected chi connectivity index (χ3v) is 2.39. The number of hydrogen-bond acceptors (Lipinski definition) is 2. The van der Waals surface area contributed by atoms with Gasteiger partial charge in [0.25, 0.3) is 0 Å². The molecule has 0 amide bonds. The van der Waals surface area contributed by atoms with Gasteiger partial charge in [0.05, 0.1) is 6.61 Å². The molecule has 1 atom stereocenters. The molecule has 0 aromatic rings. The Morgan fingerprint density at radius 3 is 2.91 bits per heavy atom. The first-order chi connectivity index (χ1) is 5.34. The second-order valence-corrected chi connectivity index (χ2v) is 3.35. The van der Waals surface area contributed by atoms with Crippen LogP contribution in [0.1, 0.15) is 26.2 Å². The molecular weight excluding hydrogens is 138 g/mol. The quantitative estimate of drug-likeness (QED) is 0.613. The van der Waals surface area contributed by atoms with Gasteiger partial charge in [-0.05, 0) is 26.4 Å².